The summed E-state index contributed by atoms with van der Waals surface area (Å²) in [5.74, 6) is 0.00673. The number of amides is 2. The molecule has 0 aromatic rings. The summed E-state index contributed by atoms with van der Waals surface area (Å²) in [7, 11) is 1.76. The fraction of sp³-hybridized carbons (Fsp3) is 0.857. The minimum absolute atomic E-state index is 0.00673. The van der Waals surface area contributed by atoms with E-state index in [1.54, 1.807) is 11.9 Å². The highest BCUT2D eigenvalue weighted by Crippen LogP contribution is 2.20. The van der Waals surface area contributed by atoms with Crippen LogP contribution in [0.5, 0.6) is 0 Å². The second kappa shape index (κ2) is 6.92. The largest absolute Gasteiger partial charge is 0.444 e. The Morgan fingerprint density at radius 2 is 2.00 bits per heavy atom. The summed E-state index contributed by atoms with van der Waals surface area (Å²) in [5.41, 5.74) is -0.511. The average molecular weight is 286 g/mol. The molecule has 0 aromatic carbocycles. The Hall–Kier alpha value is -1.30. The summed E-state index contributed by atoms with van der Waals surface area (Å²) in [4.78, 5) is 25.1. The third kappa shape index (κ3) is 5.36. The lowest BCUT2D eigenvalue weighted by Gasteiger charge is -2.21. The molecule has 2 amide bonds. The molecule has 1 aliphatic rings. The van der Waals surface area contributed by atoms with Crippen molar-refractivity contribution < 1.29 is 19.1 Å². The maximum Gasteiger partial charge on any atom is 0.407 e. The van der Waals surface area contributed by atoms with Gasteiger partial charge in [0, 0.05) is 20.1 Å². The number of hydrogen-bond donors (Lipinski definition) is 1. The molecule has 1 aliphatic heterocycles. The van der Waals surface area contributed by atoms with Gasteiger partial charge < -0.3 is 19.7 Å². The first-order valence-corrected chi connectivity index (χ1v) is 7.10. The van der Waals surface area contributed by atoms with Crippen molar-refractivity contribution in [3.8, 4) is 0 Å². The highest BCUT2D eigenvalue weighted by atomic mass is 16.6. The monoisotopic (exact) mass is 286 g/mol. The van der Waals surface area contributed by atoms with Crippen LogP contribution in [0.1, 0.15) is 40.5 Å². The lowest BCUT2D eigenvalue weighted by atomic mass is 10.2. The molecule has 0 aliphatic carbocycles. The van der Waals surface area contributed by atoms with Crippen LogP contribution in [-0.4, -0.2) is 54.8 Å². The van der Waals surface area contributed by atoms with E-state index in [2.05, 4.69) is 5.32 Å². The van der Waals surface area contributed by atoms with E-state index in [-0.39, 0.29) is 18.1 Å². The van der Waals surface area contributed by atoms with E-state index < -0.39 is 11.7 Å². The summed E-state index contributed by atoms with van der Waals surface area (Å²) in [6.07, 6.45) is 0.502. The fourth-order valence-corrected chi connectivity index (χ4v) is 1.95. The SMILES string of the molecule is CCN(C)C(=O)C1CCC(CNC(=O)OC(C)(C)C)O1. The van der Waals surface area contributed by atoms with Crippen LogP contribution in [0.4, 0.5) is 4.79 Å². The van der Waals surface area contributed by atoms with Crippen molar-refractivity contribution in [3.05, 3.63) is 0 Å². The standard InChI is InChI=1S/C14H26N2O4/c1-6-16(5)12(17)11-8-7-10(19-11)9-15-13(18)20-14(2,3)4/h10-11H,6-9H2,1-5H3,(H,15,18). The van der Waals surface area contributed by atoms with Crippen molar-refractivity contribution in [2.24, 2.45) is 0 Å². The van der Waals surface area contributed by atoms with Crippen LogP contribution >= 0.6 is 0 Å². The number of rotatable bonds is 4. The molecule has 2 atom stereocenters. The maximum absolute atomic E-state index is 11.9. The zero-order chi connectivity index (χ0) is 15.3. The van der Waals surface area contributed by atoms with Gasteiger partial charge in [0.25, 0.3) is 5.91 Å². The van der Waals surface area contributed by atoms with E-state index in [0.717, 1.165) is 6.42 Å². The number of likely N-dealkylation sites (N-methyl/N-ethyl adjacent to an activating group) is 1. The van der Waals surface area contributed by atoms with Gasteiger partial charge in [-0.05, 0) is 40.5 Å². The average Bonchev–Trinajstić information content (AvgIpc) is 2.81. The Morgan fingerprint density at radius 3 is 2.55 bits per heavy atom. The second-order valence-corrected chi connectivity index (χ2v) is 6.06. The predicted octanol–water partition coefficient (Wildman–Crippen LogP) is 1.54. The van der Waals surface area contributed by atoms with Crippen molar-refractivity contribution in [2.45, 2.75) is 58.3 Å². The molecule has 6 nitrogen and oxygen atoms in total. The molecule has 20 heavy (non-hydrogen) atoms. The van der Waals surface area contributed by atoms with Crippen LogP contribution in [-0.2, 0) is 14.3 Å². The number of carbonyl (C=O) groups excluding carboxylic acids is 2. The van der Waals surface area contributed by atoms with Gasteiger partial charge in [0.15, 0.2) is 0 Å². The Balaban J connectivity index is 2.31. The highest BCUT2D eigenvalue weighted by molar-refractivity contribution is 5.80. The molecular formula is C14H26N2O4. The molecule has 0 radical (unpaired) electrons. The first-order chi connectivity index (χ1) is 9.23. The van der Waals surface area contributed by atoms with Gasteiger partial charge in [0.2, 0.25) is 0 Å². The summed E-state index contributed by atoms with van der Waals surface area (Å²) in [6, 6.07) is 0. The number of hydrogen-bond acceptors (Lipinski definition) is 4. The molecular weight excluding hydrogens is 260 g/mol. The fourth-order valence-electron chi connectivity index (χ4n) is 1.95. The smallest absolute Gasteiger partial charge is 0.407 e. The van der Waals surface area contributed by atoms with Gasteiger partial charge in [-0.3, -0.25) is 4.79 Å². The minimum Gasteiger partial charge on any atom is -0.444 e. The predicted molar refractivity (Wildman–Crippen MR) is 75.4 cm³/mol. The molecule has 1 rings (SSSR count). The Kier molecular flexibility index (Phi) is 5.80. The van der Waals surface area contributed by atoms with Gasteiger partial charge in [0.05, 0.1) is 6.10 Å². The lowest BCUT2D eigenvalue weighted by molar-refractivity contribution is -0.141. The topological polar surface area (TPSA) is 67.9 Å². The van der Waals surface area contributed by atoms with Gasteiger partial charge >= 0.3 is 6.09 Å². The normalized spacial score (nSPS) is 22.4. The van der Waals surface area contributed by atoms with Gasteiger partial charge in [-0.15, -0.1) is 0 Å². The highest BCUT2D eigenvalue weighted by Gasteiger charge is 2.32. The van der Waals surface area contributed by atoms with Crippen molar-refractivity contribution in [1.29, 1.82) is 0 Å². The molecule has 6 heteroatoms. The Labute approximate surface area is 120 Å². The third-order valence-corrected chi connectivity index (χ3v) is 3.11. The van der Waals surface area contributed by atoms with E-state index in [1.807, 2.05) is 27.7 Å². The van der Waals surface area contributed by atoms with Gasteiger partial charge in [-0.2, -0.15) is 0 Å². The van der Waals surface area contributed by atoms with E-state index in [4.69, 9.17) is 9.47 Å². The molecule has 1 fully saturated rings. The number of nitrogens with zero attached hydrogens (tertiary/aromatic N) is 1. The van der Waals surface area contributed by atoms with E-state index in [0.29, 0.717) is 19.5 Å². The van der Waals surface area contributed by atoms with Crippen molar-refractivity contribution >= 4 is 12.0 Å². The minimum atomic E-state index is -0.511. The number of ether oxygens (including phenoxy) is 2. The zero-order valence-electron chi connectivity index (χ0n) is 13.1. The molecule has 0 aromatic heterocycles. The van der Waals surface area contributed by atoms with Crippen LogP contribution in [0.2, 0.25) is 0 Å². The zero-order valence-corrected chi connectivity index (χ0v) is 13.1. The maximum atomic E-state index is 11.9. The molecule has 1 heterocycles. The molecule has 0 spiro atoms. The molecule has 0 bridgehead atoms. The van der Waals surface area contributed by atoms with Crippen LogP contribution < -0.4 is 5.32 Å². The lowest BCUT2D eigenvalue weighted by Crippen LogP contribution is -2.39. The Bertz CT molecular complexity index is 352. The molecule has 1 N–H and O–H groups in total. The van der Waals surface area contributed by atoms with Crippen LogP contribution in [0, 0.1) is 0 Å². The number of alkyl carbamates (subject to hydrolysis) is 1. The number of carbonyl (C=O) groups is 2. The quantitative estimate of drug-likeness (QED) is 0.851. The van der Waals surface area contributed by atoms with Gasteiger partial charge in [0.1, 0.15) is 11.7 Å². The van der Waals surface area contributed by atoms with Crippen molar-refractivity contribution in [3.63, 3.8) is 0 Å². The van der Waals surface area contributed by atoms with Crippen LogP contribution in [0.3, 0.4) is 0 Å². The van der Waals surface area contributed by atoms with Gasteiger partial charge in [-0.1, -0.05) is 0 Å². The Morgan fingerprint density at radius 1 is 1.35 bits per heavy atom. The first kappa shape index (κ1) is 16.8. The third-order valence-electron chi connectivity index (χ3n) is 3.11. The van der Waals surface area contributed by atoms with E-state index in [9.17, 15) is 9.59 Å². The molecule has 2 unspecified atom stereocenters. The van der Waals surface area contributed by atoms with E-state index in [1.165, 1.54) is 0 Å². The first-order valence-electron chi connectivity index (χ1n) is 7.10. The summed E-state index contributed by atoms with van der Waals surface area (Å²) in [5, 5.41) is 2.67. The van der Waals surface area contributed by atoms with Crippen molar-refractivity contribution in [1.82, 2.24) is 10.2 Å². The summed E-state index contributed by atoms with van der Waals surface area (Å²) in [6.45, 7) is 8.40. The van der Waals surface area contributed by atoms with E-state index >= 15 is 0 Å². The van der Waals surface area contributed by atoms with Crippen LogP contribution in [0.15, 0.2) is 0 Å². The van der Waals surface area contributed by atoms with Gasteiger partial charge in [-0.25, -0.2) is 4.79 Å². The molecule has 1 saturated heterocycles. The molecule has 116 valence electrons. The van der Waals surface area contributed by atoms with Crippen LogP contribution in [0.25, 0.3) is 0 Å². The summed E-state index contributed by atoms with van der Waals surface area (Å²) >= 11 is 0. The second-order valence-electron chi connectivity index (χ2n) is 6.06. The summed E-state index contributed by atoms with van der Waals surface area (Å²) < 4.78 is 10.8. The number of nitrogens with one attached hydrogen (secondary N) is 1. The van der Waals surface area contributed by atoms with Crippen molar-refractivity contribution in [2.75, 3.05) is 20.1 Å². The molecule has 0 saturated carbocycles.